The van der Waals surface area contributed by atoms with Crippen molar-refractivity contribution in [3.8, 4) is 0 Å². The smallest absolute Gasteiger partial charge is 0.243 e. The fourth-order valence-corrected chi connectivity index (χ4v) is 3.90. The number of aryl methyl sites for hydroxylation is 1. The zero-order valence-electron chi connectivity index (χ0n) is 16.9. The number of rotatable bonds is 7. The van der Waals surface area contributed by atoms with Crippen LogP contribution in [0.5, 0.6) is 0 Å². The molecule has 4 heteroatoms. The van der Waals surface area contributed by atoms with Crippen LogP contribution in [0, 0.1) is 11.8 Å². The number of allylic oxidation sites excluding steroid dienone is 1. The van der Waals surface area contributed by atoms with E-state index in [9.17, 15) is 5.11 Å². The molecule has 1 aromatic carbocycles. The highest BCUT2D eigenvalue weighted by Gasteiger charge is 2.36. The summed E-state index contributed by atoms with van der Waals surface area (Å²) in [5, 5.41) is 11.9. The van der Waals surface area contributed by atoms with Gasteiger partial charge in [-0.2, -0.15) is 0 Å². The van der Waals surface area contributed by atoms with Crippen molar-refractivity contribution >= 4 is 0 Å². The van der Waals surface area contributed by atoms with E-state index in [2.05, 4.69) is 63.2 Å². The van der Waals surface area contributed by atoms with E-state index in [0.717, 1.165) is 17.7 Å². The van der Waals surface area contributed by atoms with Crippen LogP contribution in [0.1, 0.15) is 47.1 Å². The van der Waals surface area contributed by atoms with Crippen LogP contribution in [0.4, 0.5) is 0 Å². The third kappa shape index (κ3) is 4.86. The van der Waals surface area contributed by atoms with Gasteiger partial charge in [0.15, 0.2) is 0 Å². The third-order valence-corrected chi connectivity index (χ3v) is 5.07. The molecule has 1 heterocycles. The van der Waals surface area contributed by atoms with E-state index in [-0.39, 0.29) is 17.0 Å². The molecule has 1 N–H and O–H groups in total. The molecular formula is C22H33BrN2O. The first-order chi connectivity index (χ1) is 11.8. The molecule has 0 spiro atoms. The second kappa shape index (κ2) is 9.52. The highest BCUT2D eigenvalue weighted by molar-refractivity contribution is 5.35. The van der Waals surface area contributed by atoms with Crippen molar-refractivity contribution in [1.29, 1.82) is 0 Å². The molecule has 0 fully saturated rings. The molecule has 1 atom stereocenters. The maximum absolute atomic E-state index is 11.9. The second-order valence-electron chi connectivity index (χ2n) is 7.53. The Bertz CT molecular complexity index is 709. The van der Waals surface area contributed by atoms with Crippen molar-refractivity contribution in [1.82, 2.24) is 4.57 Å². The van der Waals surface area contributed by atoms with Crippen LogP contribution >= 0.6 is 0 Å². The minimum atomic E-state index is -1.02. The topological polar surface area (TPSA) is 29.0 Å². The second-order valence-corrected chi connectivity index (χ2v) is 7.53. The first-order valence-corrected chi connectivity index (χ1v) is 9.33. The zero-order valence-corrected chi connectivity index (χ0v) is 18.5. The van der Waals surface area contributed by atoms with E-state index in [4.69, 9.17) is 0 Å². The summed E-state index contributed by atoms with van der Waals surface area (Å²) in [6.45, 7) is 14.5. The van der Waals surface area contributed by atoms with E-state index < -0.39 is 5.60 Å². The molecule has 3 nitrogen and oxygen atoms in total. The van der Waals surface area contributed by atoms with E-state index >= 15 is 0 Å². The number of hydrogen-bond donors (Lipinski definition) is 1. The average Bonchev–Trinajstić information content (AvgIpc) is 3.02. The van der Waals surface area contributed by atoms with Crippen LogP contribution in [0.2, 0.25) is 0 Å². The van der Waals surface area contributed by atoms with Gasteiger partial charge in [0.2, 0.25) is 6.33 Å². The number of nitrogens with zero attached hydrogens (tertiary/aromatic N) is 2. The minimum absolute atomic E-state index is 0. The van der Waals surface area contributed by atoms with E-state index in [1.54, 1.807) is 0 Å². The molecular weight excluding hydrogens is 388 g/mol. The molecule has 1 aromatic heterocycles. The fourth-order valence-electron chi connectivity index (χ4n) is 3.90. The molecule has 0 aliphatic heterocycles. The molecule has 0 aliphatic rings. The van der Waals surface area contributed by atoms with Crippen LogP contribution < -0.4 is 21.5 Å². The number of halogens is 1. The van der Waals surface area contributed by atoms with Crippen LogP contribution in [0.15, 0.2) is 60.2 Å². The summed E-state index contributed by atoms with van der Waals surface area (Å²) in [7, 11) is 0. The summed E-state index contributed by atoms with van der Waals surface area (Å²) >= 11 is 0. The lowest BCUT2D eigenvalue weighted by Crippen LogP contribution is -3.00. The van der Waals surface area contributed by atoms with Gasteiger partial charge < -0.3 is 22.1 Å². The van der Waals surface area contributed by atoms with Crippen molar-refractivity contribution in [2.24, 2.45) is 11.8 Å². The molecule has 0 aliphatic carbocycles. The lowest BCUT2D eigenvalue weighted by Gasteiger charge is -2.33. The molecule has 0 saturated carbocycles. The average molecular weight is 421 g/mol. The van der Waals surface area contributed by atoms with Crippen LogP contribution in [0.25, 0.3) is 0 Å². The Morgan fingerprint density at radius 2 is 1.69 bits per heavy atom. The SMILES string of the molecule is CCn1cc[n+](CC(O)(C(C)=C(C(C)C)C(C)C)c2ccccc2)c1.[Br-]. The molecule has 0 radical (unpaired) electrons. The maximum atomic E-state index is 11.9. The fraction of sp³-hybridized carbons (Fsp3) is 0.500. The van der Waals surface area contributed by atoms with Crippen LogP contribution in [0.3, 0.4) is 0 Å². The number of aliphatic hydroxyl groups is 1. The van der Waals surface area contributed by atoms with Gasteiger partial charge in [-0.25, -0.2) is 9.13 Å². The largest absolute Gasteiger partial charge is 1.00 e. The zero-order chi connectivity index (χ0) is 18.6. The Morgan fingerprint density at radius 3 is 2.15 bits per heavy atom. The monoisotopic (exact) mass is 420 g/mol. The Hall–Kier alpha value is -1.39. The lowest BCUT2D eigenvalue weighted by atomic mass is 9.78. The molecule has 0 saturated heterocycles. The van der Waals surface area contributed by atoms with Crippen molar-refractivity contribution in [3.05, 3.63) is 65.8 Å². The lowest BCUT2D eigenvalue weighted by molar-refractivity contribution is -0.709. The van der Waals surface area contributed by atoms with Gasteiger partial charge in [0.1, 0.15) is 24.5 Å². The quantitative estimate of drug-likeness (QED) is 0.530. The van der Waals surface area contributed by atoms with E-state index in [1.165, 1.54) is 5.57 Å². The first-order valence-electron chi connectivity index (χ1n) is 9.33. The Morgan fingerprint density at radius 1 is 1.12 bits per heavy atom. The van der Waals surface area contributed by atoms with Gasteiger partial charge in [-0.3, -0.25) is 0 Å². The minimum Gasteiger partial charge on any atom is -1.00 e. The van der Waals surface area contributed by atoms with Gasteiger partial charge in [-0.05, 0) is 36.8 Å². The summed E-state index contributed by atoms with van der Waals surface area (Å²) < 4.78 is 4.20. The van der Waals surface area contributed by atoms with Crippen molar-refractivity contribution in [3.63, 3.8) is 0 Å². The summed E-state index contributed by atoms with van der Waals surface area (Å²) in [4.78, 5) is 0. The van der Waals surface area contributed by atoms with Gasteiger partial charge in [-0.15, -0.1) is 0 Å². The van der Waals surface area contributed by atoms with Gasteiger partial charge >= 0.3 is 0 Å². The number of imidazole rings is 1. The van der Waals surface area contributed by atoms with Gasteiger partial charge in [0, 0.05) is 0 Å². The maximum Gasteiger partial charge on any atom is 0.243 e. The molecule has 144 valence electrons. The Labute approximate surface area is 169 Å². The molecule has 2 aromatic rings. The van der Waals surface area contributed by atoms with Crippen LogP contribution in [-0.2, 0) is 18.7 Å². The normalized spacial score (nSPS) is 13.4. The summed E-state index contributed by atoms with van der Waals surface area (Å²) in [6.07, 6.45) is 6.15. The number of aromatic nitrogens is 2. The molecule has 1 unspecified atom stereocenters. The third-order valence-electron chi connectivity index (χ3n) is 5.07. The molecule has 2 rings (SSSR count). The highest BCUT2D eigenvalue weighted by Crippen LogP contribution is 2.36. The summed E-state index contributed by atoms with van der Waals surface area (Å²) in [5.74, 6) is 0.806. The van der Waals surface area contributed by atoms with Gasteiger partial charge in [-0.1, -0.05) is 63.6 Å². The van der Waals surface area contributed by atoms with Crippen LogP contribution in [-0.4, -0.2) is 9.67 Å². The van der Waals surface area contributed by atoms with Crippen molar-refractivity contribution in [2.45, 2.75) is 60.2 Å². The van der Waals surface area contributed by atoms with Gasteiger partial charge in [0.05, 0.1) is 6.54 Å². The summed E-state index contributed by atoms with van der Waals surface area (Å²) in [6, 6.07) is 10.0. The molecule has 26 heavy (non-hydrogen) atoms. The predicted octanol–water partition coefficient (Wildman–Crippen LogP) is 1.32. The van der Waals surface area contributed by atoms with Crippen molar-refractivity contribution < 1.29 is 26.7 Å². The molecule has 0 bridgehead atoms. The molecule has 0 amide bonds. The Balaban J connectivity index is 0.00000338. The first kappa shape index (κ1) is 22.7. The van der Waals surface area contributed by atoms with E-state index in [0.29, 0.717) is 18.4 Å². The number of hydrogen-bond acceptors (Lipinski definition) is 1. The van der Waals surface area contributed by atoms with Crippen molar-refractivity contribution in [2.75, 3.05) is 0 Å². The Kier molecular flexibility index (Phi) is 8.29. The van der Waals surface area contributed by atoms with E-state index in [1.807, 2.05) is 36.5 Å². The van der Waals surface area contributed by atoms with Gasteiger partial charge in [0.25, 0.3) is 0 Å². The summed E-state index contributed by atoms with van der Waals surface area (Å²) in [5.41, 5.74) is 2.33. The standard InChI is InChI=1S/C22H33N2O.BrH/c1-7-23-13-14-24(16-23)15-22(25,20-11-9-8-10-12-20)19(6)21(17(2)3)18(4)5;/h8-14,16-18,25H,7,15H2,1-6H3;1H/q+1;/p-1. The number of benzene rings is 1. The predicted molar refractivity (Wildman–Crippen MR) is 103 cm³/mol. The highest BCUT2D eigenvalue weighted by atomic mass is 79.9.